The maximum atomic E-state index is 12.4. The molecule has 0 spiro atoms. The van der Waals surface area contributed by atoms with Crippen molar-refractivity contribution in [2.75, 3.05) is 6.61 Å². The fourth-order valence-electron chi connectivity index (χ4n) is 2.61. The number of nitrogens with one attached hydrogen (secondary N) is 1. The first kappa shape index (κ1) is 19.7. The molecule has 0 unspecified atom stereocenters. The summed E-state index contributed by atoms with van der Waals surface area (Å²) in [5, 5.41) is 7.46. The second-order valence-corrected chi connectivity index (χ2v) is 6.92. The van der Waals surface area contributed by atoms with E-state index in [1.54, 1.807) is 30.7 Å². The van der Waals surface area contributed by atoms with E-state index in [0.29, 0.717) is 29.1 Å². The molecule has 1 aromatic heterocycles. The largest absolute Gasteiger partial charge is 0.462 e. The molecule has 0 aliphatic carbocycles. The molecule has 2 aromatic rings. The number of carbonyl (C=O) groups excluding carboxylic acids is 2. The number of aromatic nitrogens is 2. The Bertz CT molecular complexity index is 804. The van der Waals surface area contributed by atoms with Crippen molar-refractivity contribution in [3.8, 4) is 5.69 Å². The Morgan fingerprint density at radius 3 is 2.31 bits per heavy atom. The number of amides is 1. The third-order valence-electron chi connectivity index (χ3n) is 4.48. The number of esters is 1. The van der Waals surface area contributed by atoms with Gasteiger partial charge in [0.1, 0.15) is 5.56 Å². The van der Waals surface area contributed by atoms with Crippen LogP contribution in [-0.2, 0) is 4.74 Å². The minimum absolute atomic E-state index is 0.107. The van der Waals surface area contributed by atoms with Gasteiger partial charge in [0.05, 0.1) is 23.7 Å². The van der Waals surface area contributed by atoms with Crippen molar-refractivity contribution in [1.29, 1.82) is 0 Å². The summed E-state index contributed by atoms with van der Waals surface area (Å²) in [5.41, 5.74) is 2.94. The topological polar surface area (TPSA) is 73.2 Å². The first-order chi connectivity index (χ1) is 12.2. The van der Waals surface area contributed by atoms with E-state index < -0.39 is 0 Å². The van der Waals surface area contributed by atoms with Gasteiger partial charge in [0.15, 0.2) is 0 Å². The van der Waals surface area contributed by atoms with Crippen molar-refractivity contribution < 1.29 is 14.3 Å². The van der Waals surface area contributed by atoms with E-state index in [0.717, 1.165) is 12.1 Å². The molecule has 140 valence electrons. The highest BCUT2D eigenvalue weighted by atomic mass is 16.5. The van der Waals surface area contributed by atoms with Gasteiger partial charge in [0.2, 0.25) is 0 Å². The predicted octanol–water partition coefficient (Wildman–Crippen LogP) is 3.58. The van der Waals surface area contributed by atoms with Crippen LogP contribution < -0.4 is 5.32 Å². The summed E-state index contributed by atoms with van der Waals surface area (Å²) < 4.78 is 6.79. The molecule has 0 atom stereocenters. The van der Waals surface area contributed by atoms with Crippen LogP contribution in [0.15, 0.2) is 24.3 Å². The van der Waals surface area contributed by atoms with E-state index in [-0.39, 0.29) is 17.4 Å². The van der Waals surface area contributed by atoms with Crippen molar-refractivity contribution in [1.82, 2.24) is 15.1 Å². The molecule has 6 heteroatoms. The van der Waals surface area contributed by atoms with Gasteiger partial charge in [-0.3, -0.25) is 4.79 Å². The van der Waals surface area contributed by atoms with Gasteiger partial charge >= 0.3 is 5.97 Å². The summed E-state index contributed by atoms with van der Waals surface area (Å²) in [5.74, 6) is -0.476. The Labute approximate surface area is 154 Å². The minimum Gasteiger partial charge on any atom is -0.462 e. The Morgan fingerprint density at radius 1 is 1.15 bits per heavy atom. The average molecular weight is 357 g/mol. The number of carbonyl (C=O) groups is 2. The molecule has 0 saturated carbocycles. The van der Waals surface area contributed by atoms with Gasteiger partial charge in [-0.15, -0.1) is 0 Å². The van der Waals surface area contributed by atoms with Crippen LogP contribution in [0.4, 0.5) is 0 Å². The Hall–Kier alpha value is -2.63. The van der Waals surface area contributed by atoms with Crippen molar-refractivity contribution >= 4 is 11.9 Å². The van der Waals surface area contributed by atoms with Crippen molar-refractivity contribution in [2.45, 2.75) is 53.5 Å². The fourth-order valence-corrected chi connectivity index (χ4v) is 2.61. The van der Waals surface area contributed by atoms with Gasteiger partial charge in [0.25, 0.3) is 5.91 Å². The van der Waals surface area contributed by atoms with Crippen LogP contribution in [0.3, 0.4) is 0 Å². The van der Waals surface area contributed by atoms with Crippen LogP contribution in [0.1, 0.15) is 66.2 Å². The first-order valence-electron chi connectivity index (χ1n) is 8.86. The second-order valence-electron chi connectivity index (χ2n) is 6.92. The lowest BCUT2D eigenvalue weighted by atomic mass is 10.0. The predicted molar refractivity (Wildman–Crippen MR) is 101 cm³/mol. The average Bonchev–Trinajstić information content (AvgIpc) is 2.89. The quantitative estimate of drug-likeness (QED) is 0.802. The first-order valence-corrected chi connectivity index (χ1v) is 8.86. The molecule has 0 saturated heterocycles. The van der Waals surface area contributed by atoms with Gasteiger partial charge in [-0.2, -0.15) is 5.10 Å². The maximum absolute atomic E-state index is 12.4. The lowest BCUT2D eigenvalue weighted by molar-refractivity contribution is 0.0524. The number of ether oxygens (including phenoxy) is 1. The summed E-state index contributed by atoms with van der Waals surface area (Å²) in [7, 11) is 0. The Morgan fingerprint density at radius 2 is 1.77 bits per heavy atom. The smallest absolute Gasteiger partial charge is 0.341 e. The number of benzene rings is 1. The van der Waals surface area contributed by atoms with Crippen LogP contribution in [0.5, 0.6) is 0 Å². The van der Waals surface area contributed by atoms with Gasteiger partial charge in [-0.25, -0.2) is 9.48 Å². The molecule has 1 amide bonds. The summed E-state index contributed by atoms with van der Waals surface area (Å²) in [6.45, 7) is 11.7. The van der Waals surface area contributed by atoms with Gasteiger partial charge in [0, 0.05) is 11.1 Å². The summed E-state index contributed by atoms with van der Waals surface area (Å²) in [6, 6.07) is 7.16. The molecular formula is C20H27N3O3. The summed E-state index contributed by atoms with van der Waals surface area (Å²) in [4.78, 5) is 24.5. The fraction of sp³-hybridized carbons (Fsp3) is 0.450. The molecule has 26 heavy (non-hydrogen) atoms. The summed E-state index contributed by atoms with van der Waals surface area (Å²) in [6.07, 6.45) is 0.846. The molecule has 0 bridgehead atoms. The van der Waals surface area contributed by atoms with Crippen LogP contribution in [0.2, 0.25) is 0 Å². The number of hydrogen-bond acceptors (Lipinski definition) is 4. The van der Waals surface area contributed by atoms with E-state index >= 15 is 0 Å². The SMILES string of the molecule is CCOC(=O)c1c(C)nn(-c2ccc(C(=O)NC(C)(C)CC)cc2)c1C. The molecule has 0 fully saturated rings. The maximum Gasteiger partial charge on any atom is 0.341 e. The number of nitrogens with zero attached hydrogens (tertiary/aromatic N) is 2. The lowest BCUT2D eigenvalue weighted by Gasteiger charge is -2.24. The highest BCUT2D eigenvalue weighted by molar-refractivity contribution is 5.95. The number of aryl methyl sites for hydroxylation is 1. The number of hydrogen-bond donors (Lipinski definition) is 1. The molecule has 1 aromatic carbocycles. The normalized spacial score (nSPS) is 11.3. The zero-order valence-corrected chi connectivity index (χ0v) is 16.3. The van der Waals surface area contributed by atoms with E-state index in [1.165, 1.54) is 0 Å². The molecule has 0 aliphatic heterocycles. The third kappa shape index (κ3) is 4.12. The Kier molecular flexibility index (Phi) is 5.85. The van der Waals surface area contributed by atoms with Crippen molar-refractivity contribution in [3.63, 3.8) is 0 Å². The van der Waals surface area contributed by atoms with Crippen LogP contribution in [0, 0.1) is 13.8 Å². The van der Waals surface area contributed by atoms with Crippen LogP contribution in [0.25, 0.3) is 5.69 Å². The third-order valence-corrected chi connectivity index (χ3v) is 4.48. The minimum atomic E-state index is -0.369. The van der Waals surface area contributed by atoms with E-state index in [2.05, 4.69) is 10.4 Å². The molecule has 1 heterocycles. The highest BCUT2D eigenvalue weighted by Crippen LogP contribution is 2.19. The van der Waals surface area contributed by atoms with Gasteiger partial charge in [-0.1, -0.05) is 6.92 Å². The molecule has 1 N–H and O–H groups in total. The highest BCUT2D eigenvalue weighted by Gasteiger charge is 2.21. The summed E-state index contributed by atoms with van der Waals surface area (Å²) >= 11 is 0. The molecule has 0 aliphatic rings. The Balaban J connectivity index is 2.28. The van der Waals surface area contributed by atoms with E-state index in [9.17, 15) is 9.59 Å². The standard InChI is InChI=1S/C20H27N3O3/c1-7-20(5,6)21-18(24)15-9-11-16(12-10-15)23-14(4)17(13(3)22-23)19(25)26-8-2/h9-12H,7-8H2,1-6H3,(H,21,24). The molecule has 2 rings (SSSR count). The zero-order valence-electron chi connectivity index (χ0n) is 16.3. The monoisotopic (exact) mass is 357 g/mol. The number of rotatable bonds is 6. The van der Waals surface area contributed by atoms with Crippen LogP contribution in [-0.4, -0.2) is 33.8 Å². The van der Waals surface area contributed by atoms with Crippen molar-refractivity contribution in [3.05, 3.63) is 46.8 Å². The van der Waals surface area contributed by atoms with Crippen molar-refractivity contribution in [2.24, 2.45) is 0 Å². The van der Waals surface area contributed by atoms with E-state index in [4.69, 9.17) is 4.74 Å². The van der Waals surface area contributed by atoms with Gasteiger partial charge in [-0.05, 0) is 65.3 Å². The lowest BCUT2D eigenvalue weighted by Crippen LogP contribution is -2.42. The van der Waals surface area contributed by atoms with E-state index in [1.807, 2.05) is 39.8 Å². The second kappa shape index (κ2) is 7.72. The van der Waals surface area contributed by atoms with Gasteiger partial charge < -0.3 is 10.1 Å². The zero-order chi connectivity index (χ0) is 19.5. The molecule has 0 radical (unpaired) electrons. The van der Waals surface area contributed by atoms with Crippen LogP contribution >= 0.6 is 0 Å². The molecular weight excluding hydrogens is 330 g/mol. The molecule has 6 nitrogen and oxygen atoms in total.